The number of rotatable bonds is 7. The Morgan fingerprint density at radius 3 is 2.41 bits per heavy atom. The Labute approximate surface area is 190 Å². The van der Waals surface area contributed by atoms with Crippen LogP contribution in [0.5, 0.6) is 0 Å². The molecule has 0 bridgehead atoms. The summed E-state index contributed by atoms with van der Waals surface area (Å²) in [4.78, 5) is 16.9. The van der Waals surface area contributed by atoms with E-state index in [1.54, 1.807) is 6.07 Å². The average molecular weight is 433 g/mol. The van der Waals surface area contributed by atoms with Gasteiger partial charge in [-0.1, -0.05) is 29.4 Å². The highest BCUT2D eigenvalue weighted by atomic mass is 16.5. The zero-order chi connectivity index (χ0) is 22.7. The van der Waals surface area contributed by atoms with Crippen molar-refractivity contribution in [2.45, 2.75) is 31.7 Å². The average Bonchev–Trinajstić information content (AvgIpc) is 3.29. The lowest BCUT2D eigenvalue weighted by Crippen LogP contribution is -2.34. The van der Waals surface area contributed by atoms with E-state index in [2.05, 4.69) is 62.7 Å². The number of amides is 1. The molecule has 1 amide bonds. The summed E-state index contributed by atoms with van der Waals surface area (Å²) in [6, 6.07) is 16.6. The van der Waals surface area contributed by atoms with E-state index < -0.39 is 0 Å². The van der Waals surface area contributed by atoms with Gasteiger partial charge in [0, 0.05) is 38.0 Å². The van der Waals surface area contributed by atoms with Gasteiger partial charge in [-0.05, 0) is 74.7 Å². The highest BCUT2D eigenvalue weighted by molar-refractivity contribution is 5.93. The minimum atomic E-state index is -0.227. The number of hydrogen-bond acceptors (Lipinski definition) is 5. The molecular formula is C26H32N4O2. The first kappa shape index (κ1) is 22.1. The molecule has 6 heteroatoms. The van der Waals surface area contributed by atoms with Gasteiger partial charge in [0.2, 0.25) is 0 Å². The molecule has 6 nitrogen and oxygen atoms in total. The number of fused-ring (bicyclic) bond motifs is 1. The number of benzene rings is 2. The number of nitrogens with zero attached hydrogens (tertiary/aromatic N) is 3. The fourth-order valence-electron chi connectivity index (χ4n) is 4.28. The SMILES string of the molecule is CN(C)c1ccc([C@@H](CNC(=O)c2cc(-c3ccc4c(c3)CCCC4)on2)N(C)C)cc1. The lowest BCUT2D eigenvalue weighted by Gasteiger charge is -2.25. The third-order valence-electron chi connectivity index (χ3n) is 6.25. The Kier molecular flexibility index (Phi) is 6.61. The van der Waals surface area contributed by atoms with Gasteiger partial charge in [-0.25, -0.2) is 0 Å². The fourth-order valence-corrected chi connectivity index (χ4v) is 4.28. The Balaban J connectivity index is 1.43. The number of hydrogen-bond donors (Lipinski definition) is 1. The van der Waals surface area contributed by atoms with Gasteiger partial charge in [0.25, 0.3) is 5.91 Å². The Bertz CT molecular complexity index is 1070. The van der Waals surface area contributed by atoms with Crippen LogP contribution in [0, 0.1) is 0 Å². The van der Waals surface area contributed by atoms with Crippen molar-refractivity contribution in [2.24, 2.45) is 0 Å². The molecule has 0 radical (unpaired) electrons. The third-order valence-corrected chi connectivity index (χ3v) is 6.25. The molecule has 0 fully saturated rings. The Hall–Kier alpha value is -3.12. The quantitative estimate of drug-likeness (QED) is 0.603. The van der Waals surface area contributed by atoms with Crippen molar-refractivity contribution >= 4 is 11.6 Å². The topological polar surface area (TPSA) is 61.6 Å². The van der Waals surface area contributed by atoms with Gasteiger partial charge in [-0.15, -0.1) is 0 Å². The summed E-state index contributed by atoms with van der Waals surface area (Å²) in [7, 11) is 8.08. The first-order valence-electron chi connectivity index (χ1n) is 11.2. The summed E-state index contributed by atoms with van der Waals surface area (Å²) in [6.45, 7) is 0.480. The molecule has 1 aliphatic carbocycles. The van der Waals surface area contributed by atoms with E-state index in [4.69, 9.17) is 4.52 Å². The second kappa shape index (κ2) is 9.57. The van der Waals surface area contributed by atoms with Crippen LogP contribution < -0.4 is 10.2 Å². The molecule has 0 saturated carbocycles. The number of carbonyl (C=O) groups excluding carboxylic acids is 1. The molecule has 4 rings (SSSR count). The summed E-state index contributed by atoms with van der Waals surface area (Å²) < 4.78 is 5.51. The van der Waals surface area contributed by atoms with E-state index in [-0.39, 0.29) is 11.9 Å². The van der Waals surface area contributed by atoms with Gasteiger partial charge in [-0.3, -0.25) is 4.79 Å². The van der Waals surface area contributed by atoms with Gasteiger partial charge in [0.1, 0.15) is 0 Å². The van der Waals surface area contributed by atoms with E-state index in [9.17, 15) is 4.79 Å². The van der Waals surface area contributed by atoms with Crippen molar-refractivity contribution in [3.63, 3.8) is 0 Å². The number of nitrogens with one attached hydrogen (secondary N) is 1. The van der Waals surface area contributed by atoms with Gasteiger partial charge in [0.05, 0.1) is 6.04 Å². The van der Waals surface area contributed by atoms with Crippen LogP contribution in [-0.4, -0.2) is 50.7 Å². The summed E-state index contributed by atoms with van der Waals surface area (Å²) in [6.07, 6.45) is 4.73. The van der Waals surface area contributed by atoms with Gasteiger partial charge >= 0.3 is 0 Å². The van der Waals surface area contributed by atoms with Crippen molar-refractivity contribution in [3.05, 3.63) is 70.9 Å². The molecule has 32 heavy (non-hydrogen) atoms. The zero-order valence-electron chi connectivity index (χ0n) is 19.4. The summed E-state index contributed by atoms with van der Waals surface area (Å²) in [5, 5.41) is 7.04. The van der Waals surface area contributed by atoms with Crippen LogP contribution in [0.15, 0.2) is 53.1 Å². The van der Waals surface area contributed by atoms with E-state index in [1.165, 1.54) is 24.0 Å². The van der Waals surface area contributed by atoms with Crippen molar-refractivity contribution in [3.8, 4) is 11.3 Å². The molecule has 0 unspecified atom stereocenters. The second-order valence-corrected chi connectivity index (χ2v) is 8.94. The minimum absolute atomic E-state index is 0.0576. The number of aromatic nitrogens is 1. The molecule has 1 atom stereocenters. The molecule has 2 aromatic carbocycles. The van der Waals surface area contributed by atoms with Crippen LogP contribution in [0.25, 0.3) is 11.3 Å². The molecule has 0 spiro atoms. The first-order chi connectivity index (χ1) is 15.4. The highest BCUT2D eigenvalue weighted by Crippen LogP contribution is 2.28. The predicted octanol–water partition coefficient (Wildman–Crippen LogP) is 4.32. The molecule has 1 aromatic heterocycles. The standard InChI is InChI=1S/C26H32N4O2/c1-29(2)22-13-11-19(12-14-22)24(30(3)4)17-27-26(31)23-16-25(32-28-23)21-10-9-18-7-5-6-8-20(18)15-21/h9-16,24H,5-8,17H2,1-4H3,(H,27,31)/t24-/m1/s1. The van der Waals surface area contributed by atoms with Gasteiger partial charge < -0.3 is 19.6 Å². The number of anilines is 1. The predicted molar refractivity (Wildman–Crippen MR) is 128 cm³/mol. The molecular weight excluding hydrogens is 400 g/mol. The third kappa shape index (κ3) is 4.86. The number of likely N-dealkylation sites (N-methyl/N-ethyl adjacent to an activating group) is 1. The Morgan fingerprint density at radius 2 is 1.72 bits per heavy atom. The monoisotopic (exact) mass is 432 g/mol. The van der Waals surface area contributed by atoms with Crippen LogP contribution in [-0.2, 0) is 12.8 Å². The summed E-state index contributed by atoms with van der Waals surface area (Å²) in [5.74, 6) is 0.404. The maximum atomic E-state index is 12.8. The van der Waals surface area contributed by atoms with Crippen LogP contribution in [0.3, 0.4) is 0 Å². The molecule has 1 aliphatic rings. The van der Waals surface area contributed by atoms with Crippen molar-refractivity contribution in [1.29, 1.82) is 0 Å². The Morgan fingerprint density at radius 1 is 1.00 bits per heavy atom. The lowest BCUT2D eigenvalue weighted by atomic mass is 9.90. The van der Waals surface area contributed by atoms with E-state index in [1.807, 2.05) is 28.2 Å². The van der Waals surface area contributed by atoms with Crippen LogP contribution in [0.1, 0.15) is 46.1 Å². The highest BCUT2D eigenvalue weighted by Gasteiger charge is 2.19. The maximum absolute atomic E-state index is 12.8. The largest absolute Gasteiger partial charge is 0.378 e. The summed E-state index contributed by atoms with van der Waals surface area (Å²) in [5.41, 5.74) is 6.38. The second-order valence-electron chi connectivity index (χ2n) is 8.94. The van der Waals surface area contributed by atoms with Crippen LogP contribution >= 0.6 is 0 Å². The van der Waals surface area contributed by atoms with E-state index in [0.717, 1.165) is 29.7 Å². The molecule has 1 N–H and O–H groups in total. The smallest absolute Gasteiger partial charge is 0.273 e. The van der Waals surface area contributed by atoms with Crippen LogP contribution in [0.2, 0.25) is 0 Å². The summed E-state index contributed by atoms with van der Waals surface area (Å²) >= 11 is 0. The molecule has 3 aromatic rings. The normalized spacial score (nSPS) is 14.2. The molecule has 1 heterocycles. The maximum Gasteiger partial charge on any atom is 0.273 e. The molecule has 0 aliphatic heterocycles. The fraction of sp³-hybridized carbons (Fsp3) is 0.385. The molecule has 0 saturated heterocycles. The van der Waals surface area contributed by atoms with Gasteiger partial charge in [0.15, 0.2) is 11.5 Å². The lowest BCUT2D eigenvalue weighted by molar-refractivity contribution is 0.0933. The van der Waals surface area contributed by atoms with Gasteiger partial charge in [-0.2, -0.15) is 0 Å². The van der Waals surface area contributed by atoms with Crippen molar-refractivity contribution < 1.29 is 9.32 Å². The number of aryl methyl sites for hydroxylation is 2. The molecule has 168 valence electrons. The van der Waals surface area contributed by atoms with Crippen LogP contribution in [0.4, 0.5) is 5.69 Å². The van der Waals surface area contributed by atoms with Crippen molar-refractivity contribution in [1.82, 2.24) is 15.4 Å². The van der Waals surface area contributed by atoms with Crippen molar-refractivity contribution in [2.75, 3.05) is 39.6 Å². The first-order valence-corrected chi connectivity index (χ1v) is 11.2. The van der Waals surface area contributed by atoms with E-state index >= 15 is 0 Å². The minimum Gasteiger partial charge on any atom is -0.378 e. The van der Waals surface area contributed by atoms with E-state index in [0.29, 0.717) is 18.0 Å². The zero-order valence-corrected chi connectivity index (χ0v) is 19.4. The number of carbonyl (C=O) groups is 1.